The summed E-state index contributed by atoms with van der Waals surface area (Å²) in [6, 6.07) is 8.12. The molecule has 0 atom stereocenters. The lowest BCUT2D eigenvalue weighted by atomic mass is 9.68. The number of carbonyl (C=O) groups is 1. The van der Waals surface area contributed by atoms with Crippen molar-refractivity contribution < 1.29 is 9.53 Å². The maximum atomic E-state index is 13.2. The second kappa shape index (κ2) is 10.3. The molecule has 1 heterocycles. The molecule has 0 bridgehead atoms. The molecule has 1 saturated carbocycles. The fourth-order valence-corrected chi connectivity index (χ4v) is 4.72. The Morgan fingerprint density at radius 1 is 1.04 bits per heavy atom. The lowest BCUT2D eigenvalue weighted by Crippen LogP contribution is -2.48. The summed E-state index contributed by atoms with van der Waals surface area (Å²) in [6.07, 6.45) is 6.40. The third-order valence-electron chi connectivity index (χ3n) is 6.63. The van der Waals surface area contributed by atoms with Crippen LogP contribution in [0.4, 0.5) is 0 Å². The second-order valence-electron chi connectivity index (χ2n) is 8.26. The predicted molar refractivity (Wildman–Crippen MR) is 114 cm³/mol. The van der Waals surface area contributed by atoms with Crippen molar-refractivity contribution in [1.29, 1.82) is 0 Å². The number of ether oxygens (including phenoxy) is 1. The number of nitrogens with zero attached hydrogens (tertiary/aromatic N) is 2. The molecule has 28 heavy (non-hydrogen) atoms. The molecule has 0 unspecified atom stereocenters. The summed E-state index contributed by atoms with van der Waals surface area (Å²) in [4.78, 5) is 18.3. The molecular weight excluding hydrogens is 350 g/mol. The van der Waals surface area contributed by atoms with E-state index >= 15 is 0 Å². The van der Waals surface area contributed by atoms with Crippen LogP contribution in [0.1, 0.15) is 51.0 Å². The minimum absolute atomic E-state index is 0.216. The molecular formula is C23H37N3O2. The van der Waals surface area contributed by atoms with Gasteiger partial charge >= 0.3 is 0 Å². The number of hydrogen-bond acceptors (Lipinski definition) is 4. The van der Waals surface area contributed by atoms with Crippen LogP contribution in [0.25, 0.3) is 0 Å². The molecule has 5 heteroatoms. The van der Waals surface area contributed by atoms with Gasteiger partial charge in [0.25, 0.3) is 0 Å². The van der Waals surface area contributed by atoms with E-state index in [-0.39, 0.29) is 11.3 Å². The molecule has 3 rings (SSSR count). The molecule has 1 N–H and O–H groups in total. The zero-order valence-electron chi connectivity index (χ0n) is 17.7. The Labute approximate surface area is 170 Å². The van der Waals surface area contributed by atoms with Gasteiger partial charge in [0, 0.05) is 32.7 Å². The van der Waals surface area contributed by atoms with Gasteiger partial charge in [-0.25, -0.2) is 0 Å². The zero-order chi connectivity index (χ0) is 19.8. The quantitative estimate of drug-likeness (QED) is 0.697. The number of methoxy groups -OCH3 is 1. The first-order valence-corrected chi connectivity index (χ1v) is 11.1. The Bertz CT molecular complexity index is 603. The Morgan fingerprint density at radius 2 is 1.68 bits per heavy atom. The van der Waals surface area contributed by atoms with Crippen LogP contribution in [-0.2, 0) is 10.2 Å². The van der Waals surface area contributed by atoms with Crippen LogP contribution in [0, 0.1) is 0 Å². The Balaban J connectivity index is 1.52. The summed E-state index contributed by atoms with van der Waals surface area (Å²) in [7, 11) is 1.68. The first-order chi connectivity index (χ1) is 13.7. The number of nitrogens with one attached hydrogen (secondary N) is 1. The number of rotatable bonds is 8. The monoisotopic (exact) mass is 387 g/mol. The van der Waals surface area contributed by atoms with Crippen molar-refractivity contribution in [2.45, 2.75) is 50.9 Å². The lowest BCUT2D eigenvalue weighted by Gasteiger charge is -2.37. The molecule has 1 amide bonds. The summed E-state index contributed by atoms with van der Waals surface area (Å²) < 4.78 is 5.29. The third kappa shape index (κ3) is 5.06. The van der Waals surface area contributed by atoms with E-state index in [4.69, 9.17) is 4.74 Å². The van der Waals surface area contributed by atoms with Crippen molar-refractivity contribution in [3.8, 4) is 5.75 Å². The molecule has 5 nitrogen and oxygen atoms in total. The van der Waals surface area contributed by atoms with Gasteiger partial charge in [-0.2, -0.15) is 0 Å². The minimum atomic E-state index is -0.364. The summed E-state index contributed by atoms with van der Waals surface area (Å²) in [6.45, 7) is 9.87. The van der Waals surface area contributed by atoms with Gasteiger partial charge in [-0.1, -0.05) is 38.3 Å². The second-order valence-corrected chi connectivity index (χ2v) is 8.26. The van der Waals surface area contributed by atoms with Crippen LogP contribution < -0.4 is 10.1 Å². The fourth-order valence-electron chi connectivity index (χ4n) is 4.72. The number of likely N-dealkylation sites (N-methyl/N-ethyl adjacent to an activating group) is 1. The van der Waals surface area contributed by atoms with Crippen molar-refractivity contribution in [2.75, 3.05) is 52.9 Å². The summed E-state index contributed by atoms with van der Waals surface area (Å²) in [5.74, 6) is 1.06. The van der Waals surface area contributed by atoms with Crippen molar-refractivity contribution in [3.05, 3.63) is 29.8 Å². The number of carbonyl (C=O) groups excluding carboxylic acids is 1. The average molecular weight is 388 g/mol. The molecule has 1 aliphatic heterocycles. The van der Waals surface area contributed by atoms with Crippen molar-refractivity contribution >= 4 is 5.91 Å². The zero-order valence-corrected chi connectivity index (χ0v) is 17.7. The first kappa shape index (κ1) is 21.1. The average Bonchev–Trinajstić information content (AvgIpc) is 2.77. The van der Waals surface area contributed by atoms with E-state index in [9.17, 15) is 4.79 Å². The van der Waals surface area contributed by atoms with E-state index in [1.54, 1.807) is 7.11 Å². The summed E-state index contributed by atoms with van der Waals surface area (Å²) >= 11 is 0. The van der Waals surface area contributed by atoms with Crippen LogP contribution in [0.2, 0.25) is 0 Å². The van der Waals surface area contributed by atoms with Gasteiger partial charge < -0.3 is 19.9 Å². The molecule has 2 aliphatic rings. The van der Waals surface area contributed by atoms with Crippen molar-refractivity contribution in [1.82, 2.24) is 15.1 Å². The minimum Gasteiger partial charge on any atom is -0.497 e. The topological polar surface area (TPSA) is 44.8 Å². The highest BCUT2D eigenvalue weighted by Crippen LogP contribution is 2.40. The highest BCUT2D eigenvalue weighted by molar-refractivity contribution is 5.88. The van der Waals surface area contributed by atoms with Crippen LogP contribution >= 0.6 is 0 Å². The molecule has 1 aliphatic carbocycles. The SMILES string of the molecule is CCN1CCN(CCCNC(=O)C2(c3ccc(OC)cc3)CCCCC2)CC1. The molecule has 2 fully saturated rings. The van der Waals surface area contributed by atoms with Gasteiger partial charge in [-0.05, 0) is 50.0 Å². The normalized spacial score (nSPS) is 20.6. The Morgan fingerprint density at radius 3 is 2.29 bits per heavy atom. The lowest BCUT2D eigenvalue weighted by molar-refractivity contribution is -0.128. The van der Waals surface area contributed by atoms with E-state index in [1.165, 1.54) is 19.5 Å². The van der Waals surface area contributed by atoms with Gasteiger partial charge in [0.05, 0.1) is 12.5 Å². The van der Waals surface area contributed by atoms with E-state index in [0.717, 1.165) is 76.1 Å². The van der Waals surface area contributed by atoms with E-state index < -0.39 is 0 Å². The summed E-state index contributed by atoms with van der Waals surface area (Å²) in [5, 5.41) is 3.27. The number of benzene rings is 1. The third-order valence-corrected chi connectivity index (χ3v) is 6.63. The van der Waals surface area contributed by atoms with Crippen LogP contribution in [0.3, 0.4) is 0 Å². The molecule has 1 aromatic carbocycles. The van der Waals surface area contributed by atoms with Crippen molar-refractivity contribution in [3.63, 3.8) is 0 Å². The van der Waals surface area contributed by atoms with Gasteiger partial charge in [0.1, 0.15) is 5.75 Å². The smallest absolute Gasteiger partial charge is 0.230 e. The molecule has 156 valence electrons. The van der Waals surface area contributed by atoms with Crippen LogP contribution in [0.15, 0.2) is 24.3 Å². The van der Waals surface area contributed by atoms with Gasteiger partial charge in [0.15, 0.2) is 0 Å². The van der Waals surface area contributed by atoms with E-state index in [0.29, 0.717) is 0 Å². The Kier molecular flexibility index (Phi) is 7.74. The number of hydrogen-bond donors (Lipinski definition) is 1. The van der Waals surface area contributed by atoms with E-state index in [2.05, 4.69) is 34.2 Å². The molecule has 1 saturated heterocycles. The highest BCUT2D eigenvalue weighted by Gasteiger charge is 2.40. The van der Waals surface area contributed by atoms with Gasteiger partial charge in [-0.3, -0.25) is 4.79 Å². The molecule has 0 spiro atoms. The number of piperazine rings is 1. The van der Waals surface area contributed by atoms with Crippen LogP contribution in [0.5, 0.6) is 5.75 Å². The molecule has 0 aromatic heterocycles. The van der Waals surface area contributed by atoms with Gasteiger partial charge in [-0.15, -0.1) is 0 Å². The highest BCUT2D eigenvalue weighted by atomic mass is 16.5. The summed E-state index contributed by atoms with van der Waals surface area (Å²) in [5.41, 5.74) is 0.776. The molecule has 0 radical (unpaired) electrons. The predicted octanol–water partition coefficient (Wildman–Crippen LogP) is 3.04. The molecule has 1 aromatic rings. The van der Waals surface area contributed by atoms with Gasteiger partial charge in [0.2, 0.25) is 5.91 Å². The standard InChI is InChI=1S/C23H37N3O2/c1-3-25-16-18-26(19-17-25)15-7-14-24-22(27)23(12-5-4-6-13-23)20-8-10-21(28-2)11-9-20/h8-11H,3-7,12-19H2,1-2H3,(H,24,27). The maximum Gasteiger partial charge on any atom is 0.230 e. The maximum absolute atomic E-state index is 13.2. The van der Waals surface area contributed by atoms with Crippen molar-refractivity contribution in [2.24, 2.45) is 0 Å². The first-order valence-electron chi connectivity index (χ1n) is 11.1. The van der Waals surface area contributed by atoms with E-state index in [1.807, 2.05) is 12.1 Å². The largest absolute Gasteiger partial charge is 0.497 e. The fraction of sp³-hybridized carbons (Fsp3) is 0.696. The number of amides is 1. The van der Waals surface area contributed by atoms with Crippen LogP contribution in [-0.4, -0.2) is 68.6 Å². The Hall–Kier alpha value is -1.59.